The number of fused-ring (bicyclic) bond motifs is 1. The highest BCUT2D eigenvalue weighted by Crippen LogP contribution is 2.52. The maximum absolute atomic E-state index is 12.7. The fraction of sp³-hybridized carbons (Fsp3) is 0.789. The zero-order valence-corrected chi connectivity index (χ0v) is 18.2. The molecule has 3 fully saturated rings. The normalized spacial score (nSPS) is 30.1. The van der Waals surface area contributed by atoms with E-state index >= 15 is 0 Å². The largest absolute Gasteiger partial charge is 0.377 e. The van der Waals surface area contributed by atoms with E-state index in [1.54, 1.807) is 6.07 Å². The fourth-order valence-corrected chi connectivity index (χ4v) is 6.34. The summed E-state index contributed by atoms with van der Waals surface area (Å²) < 4.78 is 37.5. The lowest BCUT2D eigenvalue weighted by atomic mass is 9.57. The zero-order valence-electron chi connectivity index (χ0n) is 17.4. The second kappa shape index (κ2) is 7.88. The molecule has 0 spiro atoms. The summed E-state index contributed by atoms with van der Waals surface area (Å²) in [5, 5.41) is 7.40. The molecule has 3 unspecified atom stereocenters. The van der Waals surface area contributed by atoms with Gasteiger partial charge < -0.3 is 19.5 Å². The number of aromatic nitrogens is 1. The van der Waals surface area contributed by atoms with Crippen molar-refractivity contribution in [2.24, 2.45) is 16.3 Å². The van der Waals surface area contributed by atoms with Crippen LogP contribution in [0.2, 0.25) is 0 Å². The molecule has 10 heteroatoms. The van der Waals surface area contributed by atoms with Gasteiger partial charge in [-0.05, 0) is 13.3 Å². The first-order chi connectivity index (χ1) is 13.8. The number of piperazine rings is 1. The number of ether oxygens (including phenoxy) is 1. The van der Waals surface area contributed by atoms with Crippen molar-refractivity contribution in [3.8, 4) is 0 Å². The quantitative estimate of drug-likeness (QED) is 0.553. The van der Waals surface area contributed by atoms with Crippen molar-refractivity contribution in [1.82, 2.24) is 19.7 Å². The van der Waals surface area contributed by atoms with E-state index in [4.69, 9.17) is 14.3 Å². The van der Waals surface area contributed by atoms with Gasteiger partial charge >= 0.3 is 0 Å². The predicted molar refractivity (Wildman–Crippen MR) is 109 cm³/mol. The van der Waals surface area contributed by atoms with Gasteiger partial charge in [0.25, 0.3) is 0 Å². The van der Waals surface area contributed by atoms with E-state index in [0.717, 1.165) is 19.0 Å². The number of aliphatic imine (C=N–C) groups is 1. The van der Waals surface area contributed by atoms with Crippen molar-refractivity contribution in [2.45, 2.75) is 45.1 Å². The number of hydrogen-bond acceptors (Lipinski definition) is 6. The molecule has 9 nitrogen and oxygen atoms in total. The van der Waals surface area contributed by atoms with Crippen LogP contribution in [0.25, 0.3) is 0 Å². The van der Waals surface area contributed by atoms with Gasteiger partial charge in [-0.1, -0.05) is 19.0 Å². The lowest BCUT2D eigenvalue weighted by molar-refractivity contribution is -0.107. The van der Waals surface area contributed by atoms with Crippen molar-refractivity contribution < 1.29 is 17.7 Å². The van der Waals surface area contributed by atoms with Crippen LogP contribution < -0.4 is 5.32 Å². The van der Waals surface area contributed by atoms with Crippen LogP contribution >= 0.6 is 0 Å². The number of guanidine groups is 1. The first-order valence-electron chi connectivity index (χ1n) is 10.4. The predicted octanol–water partition coefficient (Wildman–Crippen LogP) is 0.901. The van der Waals surface area contributed by atoms with Crippen LogP contribution in [0.4, 0.5) is 0 Å². The summed E-state index contributed by atoms with van der Waals surface area (Å²) in [5.74, 6) is 1.28. The van der Waals surface area contributed by atoms with E-state index in [9.17, 15) is 8.42 Å². The summed E-state index contributed by atoms with van der Waals surface area (Å²) in [4.78, 5) is 6.87. The summed E-state index contributed by atoms with van der Waals surface area (Å²) in [6.45, 7) is 10.1. The summed E-state index contributed by atoms with van der Waals surface area (Å²) in [6.07, 6.45) is 2.80. The molecule has 4 rings (SSSR count). The molecule has 3 aliphatic rings. The summed E-state index contributed by atoms with van der Waals surface area (Å²) in [5.41, 5.74) is 0.501. The lowest BCUT2D eigenvalue weighted by Crippen LogP contribution is -2.68. The molecule has 0 bridgehead atoms. The highest BCUT2D eigenvalue weighted by molar-refractivity contribution is 7.88. The van der Waals surface area contributed by atoms with Crippen LogP contribution in [-0.2, 0) is 20.5 Å². The SMILES string of the molecule is CCN=C(NC1C2CCOC2C1(C)C)N1CCN(S(=O)(=O)Cc2ccon2)CC1. The van der Waals surface area contributed by atoms with Crippen LogP contribution in [0.15, 0.2) is 21.8 Å². The molecule has 3 atom stereocenters. The van der Waals surface area contributed by atoms with E-state index in [0.29, 0.717) is 56.5 Å². The smallest absolute Gasteiger partial charge is 0.220 e. The maximum atomic E-state index is 12.7. The van der Waals surface area contributed by atoms with Gasteiger partial charge in [-0.25, -0.2) is 8.42 Å². The Morgan fingerprint density at radius 1 is 1.34 bits per heavy atom. The van der Waals surface area contributed by atoms with Gasteiger partial charge in [0.15, 0.2) is 5.96 Å². The lowest BCUT2D eigenvalue weighted by Gasteiger charge is -2.55. The van der Waals surface area contributed by atoms with Crippen molar-refractivity contribution in [3.63, 3.8) is 0 Å². The average molecular weight is 426 g/mol. The molecule has 0 aromatic carbocycles. The van der Waals surface area contributed by atoms with Gasteiger partial charge in [0.2, 0.25) is 10.0 Å². The van der Waals surface area contributed by atoms with E-state index in [-0.39, 0.29) is 11.2 Å². The van der Waals surface area contributed by atoms with Gasteiger partial charge in [-0.15, -0.1) is 0 Å². The highest BCUT2D eigenvalue weighted by atomic mass is 32.2. The average Bonchev–Trinajstić information content (AvgIpc) is 3.35. The van der Waals surface area contributed by atoms with Crippen molar-refractivity contribution >= 4 is 16.0 Å². The van der Waals surface area contributed by atoms with Crippen LogP contribution in [0.3, 0.4) is 0 Å². The van der Waals surface area contributed by atoms with Crippen molar-refractivity contribution in [2.75, 3.05) is 39.3 Å². The third kappa shape index (κ3) is 3.89. The van der Waals surface area contributed by atoms with Gasteiger partial charge in [0.1, 0.15) is 12.0 Å². The van der Waals surface area contributed by atoms with Gasteiger partial charge in [-0.2, -0.15) is 4.31 Å². The Morgan fingerprint density at radius 3 is 2.76 bits per heavy atom. The molecular weight excluding hydrogens is 394 g/mol. The van der Waals surface area contributed by atoms with Crippen LogP contribution in [0, 0.1) is 11.3 Å². The Hall–Kier alpha value is -1.65. The second-order valence-corrected chi connectivity index (χ2v) is 10.6. The van der Waals surface area contributed by atoms with Crippen LogP contribution in [-0.4, -0.2) is 80.2 Å². The van der Waals surface area contributed by atoms with Gasteiger partial charge in [0, 0.05) is 62.8 Å². The zero-order chi connectivity index (χ0) is 20.6. The Bertz CT molecular complexity index is 831. The van der Waals surface area contributed by atoms with Crippen LogP contribution in [0.5, 0.6) is 0 Å². The molecule has 1 N–H and O–H groups in total. The Kier molecular flexibility index (Phi) is 5.60. The third-order valence-corrected chi connectivity index (χ3v) is 8.26. The topological polar surface area (TPSA) is 100 Å². The molecule has 1 aromatic heterocycles. The molecule has 1 aliphatic carbocycles. The van der Waals surface area contributed by atoms with Gasteiger partial charge in [-0.3, -0.25) is 4.99 Å². The Balaban J connectivity index is 1.37. The van der Waals surface area contributed by atoms with E-state index in [1.807, 2.05) is 6.92 Å². The van der Waals surface area contributed by atoms with E-state index < -0.39 is 10.0 Å². The van der Waals surface area contributed by atoms with Crippen molar-refractivity contribution in [1.29, 1.82) is 0 Å². The molecule has 2 aliphatic heterocycles. The minimum absolute atomic E-state index is 0.0679. The first-order valence-corrected chi connectivity index (χ1v) is 12.0. The number of nitrogens with zero attached hydrogens (tertiary/aromatic N) is 4. The summed E-state index contributed by atoms with van der Waals surface area (Å²) >= 11 is 0. The van der Waals surface area contributed by atoms with E-state index in [1.165, 1.54) is 10.6 Å². The molecule has 162 valence electrons. The highest BCUT2D eigenvalue weighted by Gasteiger charge is 2.59. The van der Waals surface area contributed by atoms with Crippen molar-refractivity contribution in [3.05, 3.63) is 18.0 Å². The van der Waals surface area contributed by atoms with E-state index in [2.05, 4.69) is 29.2 Å². The van der Waals surface area contributed by atoms with Crippen LogP contribution in [0.1, 0.15) is 32.9 Å². The summed E-state index contributed by atoms with van der Waals surface area (Å²) in [6, 6.07) is 1.92. The standard InChI is InChI=1S/C19H31N5O4S/c1-4-20-18(21-16-15-6-11-27-17(15)19(16,2)3)23-7-9-24(10-8-23)29(25,26)13-14-5-12-28-22-14/h5,12,15-17H,4,6-11,13H2,1-3H3,(H,20,21). The third-order valence-electron chi connectivity index (χ3n) is 6.45. The molecule has 29 heavy (non-hydrogen) atoms. The minimum atomic E-state index is -3.41. The molecule has 1 saturated carbocycles. The molecule has 1 aromatic rings. The Morgan fingerprint density at radius 2 is 2.10 bits per heavy atom. The molecule has 3 heterocycles. The molecule has 0 amide bonds. The maximum Gasteiger partial charge on any atom is 0.220 e. The number of hydrogen-bond donors (Lipinski definition) is 1. The number of nitrogens with one attached hydrogen (secondary N) is 1. The van der Waals surface area contributed by atoms with Gasteiger partial charge in [0.05, 0.1) is 11.8 Å². The first kappa shape index (κ1) is 20.6. The molecule has 2 saturated heterocycles. The minimum Gasteiger partial charge on any atom is -0.377 e. The number of rotatable bonds is 5. The summed E-state index contributed by atoms with van der Waals surface area (Å²) in [7, 11) is -3.41. The molecule has 0 radical (unpaired) electrons. The Labute approximate surface area is 172 Å². The number of sulfonamides is 1. The second-order valence-electron chi connectivity index (χ2n) is 8.62. The molecular formula is C19H31N5O4S. The monoisotopic (exact) mass is 425 g/mol. The fourth-order valence-electron chi connectivity index (χ4n) is 4.91.